The summed E-state index contributed by atoms with van der Waals surface area (Å²) in [6.45, 7) is 13.2. The van der Waals surface area contributed by atoms with Crippen molar-refractivity contribution in [3.8, 4) is 33.4 Å². The number of hydrogen-bond acceptors (Lipinski definition) is 0. The van der Waals surface area contributed by atoms with E-state index in [4.69, 9.17) is 0 Å². The van der Waals surface area contributed by atoms with E-state index in [2.05, 4.69) is 205 Å². The van der Waals surface area contributed by atoms with Crippen LogP contribution in [0.2, 0.25) is 0 Å². The minimum absolute atomic E-state index is 0. The van der Waals surface area contributed by atoms with E-state index in [0.29, 0.717) is 11.3 Å². The van der Waals surface area contributed by atoms with Gasteiger partial charge in [0.2, 0.25) is 0 Å². The van der Waals surface area contributed by atoms with E-state index in [1.807, 2.05) is 0 Å². The standard InChI is InChI=1S/C25H17.C15H14.C11H17.2ClH.Zr/c1-3-7-18(8-4-1)20-11-13-24-22(15-20)17-23-16-21(12-14-25(23)24)19-9-5-2-6-10-19;1-12-3-7-14(8-4-12)11-15-9-5-13(2)6-10-15;1-5-9-6-7-10(8-9)11(2,3)4;;;/h1-15H,17H2;3-10H,1-2H3;7-9H,5H2,1-4H3;2*1H;/q-1;;-1;;;+2/p-2. The predicted molar refractivity (Wildman–Crippen MR) is 219 cm³/mol. The molecule has 0 N–H and O–H groups in total. The maximum absolute atomic E-state index is 3.65. The largest absolute Gasteiger partial charge is 1.00 e. The fourth-order valence-electron chi connectivity index (χ4n) is 6.54. The van der Waals surface area contributed by atoms with Gasteiger partial charge in [-0.3, -0.25) is 6.08 Å². The summed E-state index contributed by atoms with van der Waals surface area (Å²) in [6, 6.07) is 53.5. The monoisotopic (exact) mass is 820 g/mol. The van der Waals surface area contributed by atoms with E-state index in [0.717, 1.165) is 6.42 Å². The van der Waals surface area contributed by atoms with Gasteiger partial charge in [0.1, 0.15) is 0 Å². The van der Waals surface area contributed by atoms with E-state index in [9.17, 15) is 0 Å². The Bertz CT molecular complexity index is 2050. The first-order valence-corrected chi connectivity index (χ1v) is 19.7. The summed E-state index contributed by atoms with van der Waals surface area (Å²) in [6.07, 6.45) is 9.97. The van der Waals surface area contributed by atoms with E-state index in [1.54, 1.807) is 0 Å². The van der Waals surface area contributed by atoms with Crippen molar-refractivity contribution in [3.63, 3.8) is 0 Å². The third-order valence-corrected chi connectivity index (χ3v) is 11.2. The van der Waals surface area contributed by atoms with Crippen LogP contribution in [0.1, 0.15) is 67.5 Å². The van der Waals surface area contributed by atoms with Crippen LogP contribution in [0.5, 0.6) is 0 Å². The quantitative estimate of drug-likeness (QED) is 0.162. The molecule has 54 heavy (non-hydrogen) atoms. The number of hydrogen-bond donors (Lipinski definition) is 0. The first kappa shape index (κ1) is 42.9. The fraction of sp³-hybridized carbons (Fsp3) is 0.196. The van der Waals surface area contributed by atoms with Crippen molar-refractivity contribution in [1.82, 2.24) is 0 Å². The minimum Gasteiger partial charge on any atom is -1.00 e. The molecular formula is C51H48Cl2Zr-2. The van der Waals surface area contributed by atoms with Crippen molar-refractivity contribution in [2.24, 2.45) is 11.3 Å². The zero-order chi connectivity index (χ0) is 36.7. The number of halogens is 2. The molecule has 0 nitrogen and oxygen atoms in total. The van der Waals surface area contributed by atoms with Crippen molar-refractivity contribution in [2.45, 2.75) is 54.4 Å². The van der Waals surface area contributed by atoms with E-state index >= 15 is 0 Å². The zero-order valence-electron chi connectivity index (χ0n) is 32.2. The average Bonchev–Trinajstić information content (AvgIpc) is 3.81. The summed E-state index contributed by atoms with van der Waals surface area (Å²) in [4.78, 5) is 0. The second-order valence-corrected chi connectivity index (χ2v) is 16.1. The molecule has 0 fully saturated rings. The Morgan fingerprint density at radius 2 is 1.19 bits per heavy atom. The third-order valence-electron chi connectivity index (χ3n) is 9.80. The predicted octanol–water partition coefficient (Wildman–Crippen LogP) is 7.18. The Balaban J connectivity index is 0.000000194. The average molecular weight is 823 g/mol. The van der Waals surface area contributed by atoms with Gasteiger partial charge in [0.25, 0.3) is 0 Å². The van der Waals surface area contributed by atoms with Crippen molar-refractivity contribution in [1.29, 1.82) is 0 Å². The van der Waals surface area contributed by atoms with E-state index in [1.165, 1.54) is 106 Å². The van der Waals surface area contributed by atoms with Gasteiger partial charge in [-0.25, -0.2) is 6.08 Å². The molecule has 8 rings (SSSR count). The van der Waals surface area contributed by atoms with E-state index in [-0.39, 0.29) is 24.8 Å². The Hall–Kier alpha value is -3.87. The number of rotatable bonds is 5. The number of aryl methyl sites for hydroxylation is 2. The maximum Gasteiger partial charge on any atom is -0.0181 e. The summed E-state index contributed by atoms with van der Waals surface area (Å²) >= 11 is 1.46. The molecule has 1 unspecified atom stereocenters. The van der Waals surface area contributed by atoms with Gasteiger partial charge in [-0.05, 0) is 23.1 Å². The summed E-state index contributed by atoms with van der Waals surface area (Å²) < 4.78 is 1.42. The van der Waals surface area contributed by atoms with Crippen LogP contribution < -0.4 is 24.8 Å². The van der Waals surface area contributed by atoms with Crippen molar-refractivity contribution >= 4 is 3.21 Å². The van der Waals surface area contributed by atoms with Crippen LogP contribution in [0.15, 0.2) is 157 Å². The van der Waals surface area contributed by atoms with Gasteiger partial charge < -0.3 is 24.8 Å². The Morgan fingerprint density at radius 3 is 1.69 bits per heavy atom. The second kappa shape index (κ2) is 19.6. The number of allylic oxidation sites excluding steroid dienone is 4. The van der Waals surface area contributed by atoms with Crippen LogP contribution in [0.3, 0.4) is 0 Å². The summed E-state index contributed by atoms with van der Waals surface area (Å²) in [5.74, 6) is 0.573. The molecule has 0 saturated heterocycles. The van der Waals surface area contributed by atoms with Gasteiger partial charge in [0.15, 0.2) is 0 Å². The van der Waals surface area contributed by atoms with Crippen LogP contribution in [0.4, 0.5) is 0 Å². The minimum atomic E-state index is 0. The van der Waals surface area contributed by atoms with Gasteiger partial charge in [0, 0.05) is 0 Å². The molecule has 0 amide bonds. The Kier molecular flexibility index (Phi) is 15.6. The molecular weight excluding hydrogens is 775 g/mol. The SMILES string of the molecule is CCC1[C-]=CC(C(C)(C)C)=C1.Cc1ccc([C](=[Zr+2])c2ccc(C)cc2)cc1.[Cl-].[Cl-].[c-]1c(-c2ccccc2)ccc2c1Cc1cc(-c3ccccc3)ccc1-2. The fourth-order valence-corrected chi connectivity index (χ4v) is 7.36. The molecule has 3 heteroatoms. The van der Waals surface area contributed by atoms with Crippen LogP contribution in [-0.4, -0.2) is 3.21 Å². The van der Waals surface area contributed by atoms with Gasteiger partial charge in [0.05, 0.1) is 0 Å². The molecule has 0 saturated carbocycles. The molecule has 0 spiro atoms. The molecule has 0 aliphatic heterocycles. The molecule has 0 radical (unpaired) electrons. The summed E-state index contributed by atoms with van der Waals surface area (Å²) in [5, 5.41) is 0. The normalized spacial score (nSPS) is 13.4. The molecule has 2 aliphatic carbocycles. The van der Waals surface area contributed by atoms with Crippen molar-refractivity contribution < 1.29 is 49.0 Å². The second-order valence-electron chi connectivity index (χ2n) is 14.8. The topological polar surface area (TPSA) is 0 Å². The van der Waals surface area contributed by atoms with Crippen LogP contribution >= 0.6 is 0 Å². The first-order chi connectivity index (χ1) is 25.1. The Morgan fingerprint density at radius 1 is 0.648 bits per heavy atom. The van der Waals surface area contributed by atoms with Crippen LogP contribution in [0.25, 0.3) is 33.4 Å². The smallest absolute Gasteiger partial charge is 0.0181 e. The molecule has 2 aliphatic rings. The van der Waals surface area contributed by atoms with Crippen LogP contribution in [0, 0.1) is 37.3 Å². The van der Waals surface area contributed by atoms with Crippen molar-refractivity contribution in [2.75, 3.05) is 0 Å². The number of benzene rings is 6. The van der Waals surface area contributed by atoms with Gasteiger partial charge in [-0.15, -0.1) is 29.3 Å². The van der Waals surface area contributed by atoms with E-state index < -0.39 is 0 Å². The zero-order valence-corrected chi connectivity index (χ0v) is 36.2. The van der Waals surface area contributed by atoms with Crippen LogP contribution in [-0.2, 0) is 30.7 Å². The molecule has 6 aromatic carbocycles. The molecule has 0 heterocycles. The maximum atomic E-state index is 3.65. The third kappa shape index (κ3) is 10.9. The first-order valence-electron chi connectivity index (χ1n) is 18.4. The molecule has 6 aromatic rings. The molecule has 272 valence electrons. The summed E-state index contributed by atoms with van der Waals surface area (Å²) in [7, 11) is 0. The van der Waals surface area contributed by atoms with Gasteiger partial charge in [-0.1, -0.05) is 141 Å². The van der Waals surface area contributed by atoms with Gasteiger partial charge in [-0.2, -0.15) is 11.6 Å². The van der Waals surface area contributed by atoms with Gasteiger partial charge >= 0.3 is 112 Å². The molecule has 0 bridgehead atoms. The Labute approximate surface area is 351 Å². The number of fused-ring (bicyclic) bond motifs is 3. The van der Waals surface area contributed by atoms with Crippen molar-refractivity contribution in [3.05, 3.63) is 203 Å². The molecule has 1 atom stereocenters. The molecule has 0 aromatic heterocycles. The summed E-state index contributed by atoms with van der Waals surface area (Å²) in [5.41, 5.74) is 17.4.